The molecule has 0 amide bonds. The molecule has 1 aromatic heterocycles. The van der Waals surface area contributed by atoms with E-state index in [4.69, 9.17) is 17.3 Å². The number of hydrogen-bond donors (Lipinski definition) is 2. The Bertz CT molecular complexity index is 308. The Kier molecular flexibility index (Phi) is 8.68. The average molecular weight is 289 g/mol. The van der Waals surface area contributed by atoms with Crippen LogP contribution in [0.2, 0.25) is 4.34 Å². The van der Waals surface area contributed by atoms with E-state index in [2.05, 4.69) is 18.3 Å². The van der Waals surface area contributed by atoms with Crippen LogP contribution in [0.3, 0.4) is 0 Å². The minimum absolute atomic E-state index is 0.818. The second-order valence-corrected chi connectivity index (χ2v) is 6.56. The van der Waals surface area contributed by atoms with Gasteiger partial charge in [-0.3, -0.25) is 0 Å². The Balaban J connectivity index is 2.06. The number of halogens is 1. The van der Waals surface area contributed by atoms with Crippen LogP contribution >= 0.6 is 22.9 Å². The number of rotatable bonds is 10. The van der Waals surface area contributed by atoms with Crippen LogP contribution in [-0.4, -0.2) is 13.1 Å². The van der Waals surface area contributed by atoms with Gasteiger partial charge in [0.1, 0.15) is 0 Å². The van der Waals surface area contributed by atoms with Gasteiger partial charge in [-0.05, 0) is 50.4 Å². The topological polar surface area (TPSA) is 38.0 Å². The highest BCUT2D eigenvalue weighted by Gasteiger charge is 2.06. The molecule has 0 aromatic carbocycles. The van der Waals surface area contributed by atoms with E-state index in [0.717, 1.165) is 29.9 Å². The molecule has 0 aliphatic heterocycles. The summed E-state index contributed by atoms with van der Waals surface area (Å²) in [5, 5.41) is 3.48. The standard InChI is InChI=1S/C14H25ClN2S/c1-2-4-12(8-9-16)5-3-10-17-11-13-6-7-14(15)18-13/h6-7,12,17H,2-5,8-11,16H2,1H3. The molecule has 0 bridgehead atoms. The normalized spacial score (nSPS) is 12.8. The van der Waals surface area contributed by atoms with E-state index in [-0.39, 0.29) is 0 Å². The van der Waals surface area contributed by atoms with Crippen molar-refractivity contribution >= 4 is 22.9 Å². The lowest BCUT2D eigenvalue weighted by atomic mass is 9.94. The number of nitrogens with one attached hydrogen (secondary N) is 1. The molecule has 0 fully saturated rings. The molecule has 1 heterocycles. The smallest absolute Gasteiger partial charge is 0.0931 e. The fourth-order valence-corrected chi connectivity index (χ4v) is 3.31. The highest BCUT2D eigenvalue weighted by atomic mass is 35.5. The van der Waals surface area contributed by atoms with Gasteiger partial charge in [-0.25, -0.2) is 0 Å². The summed E-state index contributed by atoms with van der Waals surface area (Å²) in [5.41, 5.74) is 5.64. The first-order valence-electron chi connectivity index (χ1n) is 6.91. The molecule has 0 saturated heterocycles. The first-order valence-corrected chi connectivity index (χ1v) is 8.10. The van der Waals surface area contributed by atoms with Crippen molar-refractivity contribution in [1.29, 1.82) is 0 Å². The second-order valence-electron chi connectivity index (χ2n) is 4.76. The molecule has 0 saturated carbocycles. The van der Waals surface area contributed by atoms with Crippen molar-refractivity contribution in [2.24, 2.45) is 11.7 Å². The molecule has 0 aliphatic carbocycles. The Hall–Kier alpha value is -0.0900. The maximum atomic E-state index is 5.89. The van der Waals surface area contributed by atoms with Gasteiger partial charge in [-0.15, -0.1) is 11.3 Å². The van der Waals surface area contributed by atoms with Crippen LogP contribution in [-0.2, 0) is 6.54 Å². The maximum absolute atomic E-state index is 5.89. The van der Waals surface area contributed by atoms with E-state index in [1.165, 1.54) is 37.0 Å². The third-order valence-electron chi connectivity index (χ3n) is 3.17. The van der Waals surface area contributed by atoms with Crippen LogP contribution in [0.4, 0.5) is 0 Å². The van der Waals surface area contributed by atoms with Gasteiger partial charge in [0.25, 0.3) is 0 Å². The Morgan fingerprint density at radius 3 is 2.78 bits per heavy atom. The predicted octanol–water partition coefficient (Wildman–Crippen LogP) is 4.04. The largest absolute Gasteiger partial charge is 0.330 e. The van der Waals surface area contributed by atoms with Crippen LogP contribution in [0.1, 0.15) is 43.9 Å². The molecular weight excluding hydrogens is 264 g/mol. The molecule has 4 heteroatoms. The van der Waals surface area contributed by atoms with Crippen LogP contribution in [0.5, 0.6) is 0 Å². The zero-order valence-electron chi connectivity index (χ0n) is 11.3. The predicted molar refractivity (Wildman–Crippen MR) is 82.3 cm³/mol. The van der Waals surface area contributed by atoms with Crippen molar-refractivity contribution in [1.82, 2.24) is 5.32 Å². The molecule has 0 spiro atoms. The molecule has 0 radical (unpaired) electrons. The zero-order valence-corrected chi connectivity index (χ0v) is 12.8. The Morgan fingerprint density at radius 1 is 1.33 bits per heavy atom. The lowest BCUT2D eigenvalue weighted by Gasteiger charge is -2.14. The highest BCUT2D eigenvalue weighted by Crippen LogP contribution is 2.21. The van der Waals surface area contributed by atoms with E-state index >= 15 is 0 Å². The SMILES string of the molecule is CCCC(CCN)CCCNCc1ccc(Cl)s1. The minimum atomic E-state index is 0.818. The summed E-state index contributed by atoms with van der Waals surface area (Å²) in [6.07, 6.45) is 6.30. The third-order valence-corrected chi connectivity index (χ3v) is 4.40. The van der Waals surface area contributed by atoms with Crippen molar-refractivity contribution in [2.75, 3.05) is 13.1 Å². The fourth-order valence-electron chi connectivity index (χ4n) is 2.25. The fraction of sp³-hybridized carbons (Fsp3) is 0.714. The molecular formula is C14H25ClN2S. The van der Waals surface area contributed by atoms with E-state index in [1.807, 2.05) is 6.07 Å². The molecule has 104 valence electrons. The molecule has 18 heavy (non-hydrogen) atoms. The number of hydrogen-bond acceptors (Lipinski definition) is 3. The van der Waals surface area contributed by atoms with Crippen LogP contribution in [0, 0.1) is 5.92 Å². The van der Waals surface area contributed by atoms with Gasteiger partial charge < -0.3 is 11.1 Å². The van der Waals surface area contributed by atoms with E-state index in [0.29, 0.717) is 0 Å². The monoisotopic (exact) mass is 288 g/mol. The lowest BCUT2D eigenvalue weighted by molar-refractivity contribution is 0.404. The van der Waals surface area contributed by atoms with Gasteiger partial charge in [-0.2, -0.15) is 0 Å². The van der Waals surface area contributed by atoms with Crippen molar-refractivity contribution < 1.29 is 0 Å². The Morgan fingerprint density at radius 2 is 2.17 bits per heavy atom. The number of thiophene rings is 1. The number of nitrogens with two attached hydrogens (primary N) is 1. The molecule has 1 unspecified atom stereocenters. The molecule has 1 aromatic rings. The molecule has 1 rings (SSSR count). The van der Waals surface area contributed by atoms with Crippen LogP contribution in [0.25, 0.3) is 0 Å². The van der Waals surface area contributed by atoms with Crippen LogP contribution < -0.4 is 11.1 Å². The first kappa shape index (κ1) is 16.0. The molecule has 1 atom stereocenters. The molecule has 2 nitrogen and oxygen atoms in total. The van der Waals surface area contributed by atoms with Gasteiger partial charge in [0, 0.05) is 11.4 Å². The second kappa shape index (κ2) is 9.79. The van der Waals surface area contributed by atoms with Gasteiger partial charge in [0.15, 0.2) is 0 Å². The van der Waals surface area contributed by atoms with Gasteiger partial charge in [0.2, 0.25) is 0 Å². The van der Waals surface area contributed by atoms with E-state index < -0.39 is 0 Å². The summed E-state index contributed by atoms with van der Waals surface area (Å²) >= 11 is 7.55. The summed E-state index contributed by atoms with van der Waals surface area (Å²) in [7, 11) is 0. The molecule has 0 aliphatic rings. The summed E-state index contributed by atoms with van der Waals surface area (Å²) in [4.78, 5) is 1.31. The molecule has 3 N–H and O–H groups in total. The maximum Gasteiger partial charge on any atom is 0.0931 e. The summed E-state index contributed by atoms with van der Waals surface area (Å²) in [5.74, 6) is 0.818. The van der Waals surface area contributed by atoms with Crippen molar-refractivity contribution in [2.45, 2.75) is 45.6 Å². The van der Waals surface area contributed by atoms with Gasteiger partial charge in [-0.1, -0.05) is 31.4 Å². The van der Waals surface area contributed by atoms with Crippen LogP contribution in [0.15, 0.2) is 12.1 Å². The summed E-state index contributed by atoms with van der Waals surface area (Å²) in [6, 6.07) is 4.05. The van der Waals surface area contributed by atoms with Crippen molar-refractivity contribution in [3.05, 3.63) is 21.3 Å². The van der Waals surface area contributed by atoms with Crippen molar-refractivity contribution in [3.63, 3.8) is 0 Å². The third kappa shape index (κ3) is 6.74. The highest BCUT2D eigenvalue weighted by molar-refractivity contribution is 7.16. The van der Waals surface area contributed by atoms with Gasteiger partial charge in [0.05, 0.1) is 4.34 Å². The van der Waals surface area contributed by atoms with E-state index in [9.17, 15) is 0 Å². The van der Waals surface area contributed by atoms with E-state index in [1.54, 1.807) is 11.3 Å². The summed E-state index contributed by atoms with van der Waals surface area (Å²) < 4.78 is 0.873. The summed E-state index contributed by atoms with van der Waals surface area (Å²) in [6.45, 7) is 5.10. The zero-order chi connectivity index (χ0) is 13.2. The quantitative estimate of drug-likeness (QED) is 0.638. The van der Waals surface area contributed by atoms with Crippen molar-refractivity contribution in [3.8, 4) is 0 Å². The van der Waals surface area contributed by atoms with Gasteiger partial charge >= 0.3 is 0 Å². The lowest BCUT2D eigenvalue weighted by Crippen LogP contribution is -2.16. The Labute approximate surface area is 120 Å². The first-order chi connectivity index (χ1) is 8.76. The minimum Gasteiger partial charge on any atom is -0.330 e. The average Bonchev–Trinajstić information content (AvgIpc) is 2.75.